The number of carbonyl (C=O) groups is 1. The van der Waals surface area contributed by atoms with Crippen LogP contribution in [-0.2, 0) is 0 Å². The molecule has 2 aromatic carbocycles. The Balaban J connectivity index is 1.97. The molecule has 0 spiro atoms. The van der Waals surface area contributed by atoms with Crippen LogP contribution in [-0.4, -0.2) is 24.0 Å². The van der Waals surface area contributed by atoms with Gasteiger partial charge in [0, 0.05) is 6.54 Å². The van der Waals surface area contributed by atoms with Crippen molar-refractivity contribution < 1.29 is 13.9 Å². The van der Waals surface area contributed by atoms with Gasteiger partial charge in [-0.3, -0.25) is 9.59 Å². The highest BCUT2D eigenvalue weighted by Gasteiger charge is 2.42. The van der Waals surface area contributed by atoms with Gasteiger partial charge in [-0.2, -0.15) is 0 Å². The van der Waals surface area contributed by atoms with Crippen LogP contribution in [0.3, 0.4) is 0 Å². The molecule has 1 atom stereocenters. The Hall–Kier alpha value is -3.08. The van der Waals surface area contributed by atoms with Gasteiger partial charge < -0.3 is 14.1 Å². The fraction of sp³-hybridized carbons (Fsp3) is 0.304. The van der Waals surface area contributed by atoms with Gasteiger partial charge in [-0.25, -0.2) is 0 Å². The summed E-state index contributed by atoms with van der Waals surface area (Å²) in [6, 6.07) is 12.6. The molecule has 0 fully saturated rings. The van der Waals surface area contributed by atoms with E-state index in [9.17, 15) is 9.59 Å². The van der Waals surface area contributed by atoms with Crippen LogP contribution in [0.4, 0.5) is 0 Å². The maximum atomic E-state index is 13.4. The number of aryl methyl sites for hydroxylation is 1. The summed E-state index contributed by atoms with van der Waals surface area (Å²) in [7, 11) is 0. The summed E-state index contributed by atoms with van der Waals surface area (Å²) >= 11 is 0. The summed E-state index contributed by atoms with van der Waals surface area (Å²) in [4.78, 5) is 28.2. The van der Waals surface area contributed by atoms with E-state index in [1.54, 1.807) is 11.0 Å². The summed E-state index contributed by atoms with van der Waals surface area (Å²) < 4.78 is 11.6. The zero-order valence-corrected chi connectivity index (χ0v) is 16.3. The minimum Gasteiger partial charge on any atom is -0.494 e. The summed E-state index contributed by atoms with van der Waals surface area (Å²) in [5.41, 5.74) is 2.56. The molecular weight excluding hydrogens is 354 g/mol. The van der Waals surface area contributed by atoms with Crippen molar-refractivity contribution in [3.8, 4) is 5.75 Å². The van der Waals surface area contributed by atoms with Crippen LogP contribution in [0.5, 0.6) is 5.75 Å². The van der Waals surface area contributed by atoms with Gasteiger partial charge in [-0.1, -0.05) is 30.7 Å². The molecule has 0 bridgehead atoms. The van der Waals surface area contributed by atoms with Crippen LogP contribution in [0, 0.1) is 6.92 Å². The Morgan fingerprint density at radius 1 is 1.11 bits per heavy atom. The molecule has 28 heavy (non-hydrogen) atoms. The van der Waals surface area contributed by atoms with E-state index >= 15 is 0 Å². The molecule has 1 amide bonds. The fourth-order valence-electron chi connectivity index (χ4n) is 3.89. The van der Waals surface area contributed by atoms with Crippen LogP contribution in [0.25, 0.3) is 11.0 Å². The lowest BCUT2D eigenvalue weighted by Gasteiger charge is -2.25. The maximum absolute atomic E-state index is 13.4. The van der Waals surface area contributed by atoms with Crippen molar-refractivity contribution in [1.82, 2.24) is 4.90 Å². The largest absolute Gasteiger partial charge is 0.494 e. The lowest BCUT2D eigenvalue weighted by atomic mass is 9.98. The highest BCUT2D eigenvalue weighted by molar-refractivity contribution is 5.99. The van der Waals surface area contributed by atoms with Crippen molar-refractivity contribution in [3.63, 3.8) is 0 Å². The zero-order chi connectivity index (χ0) is 19.8. The van der Waals surface area contributed by atoms with Crippen LogP contribution in [0.15, 0.2) is 51.7 Å². The topological polar surface area (TPSA) is 59.8 Å². The van der Waals surface area contributed by atoms with Crippen LogP contribution in [0.1, 0.15) is 53.6 Å². The first-order valence-electron chi connectivity index (χ1n) is 9.66. The quantitative estimate of drug-likeness (QED) is 0.659. The molecule has 0 aliphatic carbocycles. The molecule has 5 nitrogen and oxygen atoms in total. The molecule has 144 valence electrons. The highest BCUT2D eigenvalue weighted by Crippen LogP contribution is 2.39. The Morgan fingerprint density at radius 2 is 1.93 bits per heavy atom. The van der Waals surface area contributed by atoms with Gasteiger partial charge in [0.15, 0.2) is 5.43 Å². The van der Waals surface area contributed by atoms with Crippen LogP contribution >= 0.6 is 0 Å². The second kappa shape index (κ2) is 7.15. The molecule has 3 aromatic rings. The number of ether oxygens (including phenoxy) is 1. The Kier molecular flexibility index (Phi) is 4.67. The van der Waals surface area contributed by atoms with Crippen LogP contribution < -0.4 is 10.2 Å². The van der Waals surface area contributed by atoms with Gasteiger partial charge in [0.1, 0.15) is 11.3 Å². The number of amides is 1. The van der Waals surface area contributed by atoms with Crippen molar-refractivity contribution in [2.45, 2.75) is 33.2 Å². The van der Waals surface area contributed by atoms with Crippen molar-refractivity contribution in [1.29, 1.82) is 0 Å². The molecule has 0 radical (unpaired) electrons. The Morgan fingerprint density at radius 3 is 2.68 bits per heavy atom. The van der Waals surface area contributed by atoms with Crippen molar-refractivity contribution >= 4 is 16.9 Å². The van der Waals surface area contributed by atoms with E-state index in [4.69, 9.17) is 9.15 Å². The number of hydrogen-bond donors (Lipinski definition) is 0. The molecule has 0 saturated carbocycles. The van der Waals surface area contributed by atoms with E-state index < -0.39 is 6.04 Å². The maximum Gasteiger partial charge on any atom is 0.290 e. The van der Waals surface area contributed by atoms with E-state index in [1.165, 1.54) is 0 Å². The molecule has 0 unspecified atom stereocenters. The smallest absolute Gasteiger partial charge is 0.290 e. The van der Waals surface area contributed by atoms with E-state index in [0.717, 1.165) is 23.3 Å². The lowest BCUT2D eigenvalue weighted by molar-refractivity contribution is 0.0728. The minimum absolute atomic E-state index is 0.140. The third-order valence-corrected chi connectivity index (χ3v) is 5.07. The summed E-state index contributed by atoms with van der Waals surface area (Å²) in [5, 5.41) is 0.510. The number of rotatable bonds is 5. The van der Waals surface area contributed by atoms with E-state index in [1.807, 2.05) is 57.2 Å². The third kappa shape index (κ3) is 2.87. The van der Waals surface area contributed by atoms with Crippen molar-refractivity contribution in [2.24, 2.45) is 0 Å². The van der Waals surface area contributed by atoms with E-state index in [-0.39, 0.29) is 17.1 Å². The summed E-state index contributed by atoms with van der Waals surface area (Å²) in [6.45, 7) is 6.96. The second-order valence-corrected chi connectivity index (χ2v) is 7.08. The first kappa shape index (κ1) is 18.3. The average molecular weight is 377 g/mol. The van der Waals surface area contributed by atoms with E-state index in [0.29, 0.717) is 29.7 Å². The molecule has 5 heteroatoms. The molecule has 1 aromatic heterocycles. The first-order chi connectivity index (χ1) is 13.5. The monoisotopic (exact) mass is 377 g/mol. The minimum atomic E-state index is -0.469. The molecule has 1 aliphatic rings. The Labute approximate surface area is 163 Å². The molecule has 0 saturated heterocycles. The molecule has 2 heterocycles. The van der Waals surface area contributed by atoms with Gasteiger partial charge in [0.25, 0.3) is 5.91 Å². The zero-order valence-electron chi connectivity index (χ0n) is 16.3. The second-order valence-electron chi connectivity index (χ2n) is 7.08. The van der Waals surface area contributed by atoms with Gasteiger partial charge in [-0.15, -0.1) is 0 Å². The molecule has 4 rings (SSSR count). The highest BCUT2D eigenvalue weighted by atomic mass is 16.5. The van der Waals surface area contributed by atoms with E-state index in [2.05, 4.69) is 0 Å². The third-order valence-electron chi connectivity index (χ3n) is 5.07. The normalized spacial score (nSPS) is 15.9. The lowest BCUT2D eigenvalue weighted by Crippen LogP contribution is -2.30. The molecule has 0 N–H and O–H groups in total. The number of benzene rings is 2. The molecular formula is C23H23NO4. The van der Waals surface area contributed by atoms with Gasteiger partial charge in [0.05, 0.1) is 23.6 Å². The van der Waals surface area contributed by atoms with Crippen molar-refractivity contribution in [2.75, 3.05) is 13.2 Å². The fourth-order valence-corrected chi connectivity index (χ4v) is 3.89. The summed E-state index contributed by atoms with van der Waals surface area (Å²) in [5.74, 6) is 0.642. The number of fused-ring (bicyclic) bond motifs is 2. The predicted molar refractivity (Wildman–Crippen MR) is 108 cm³/mol. The number of carbonyl (C=O) groups excluding carboxylic acids is 1. The number of nitrogens with zero attached hydrogens (tertiary/aromatic N) is 1. The average Bonchev–Trinajstić information content (AvgIpc) is 2.96. The van der Waals surface area contributed by atoms with Crippen molar-refractivity contribution in [3.05, 3.63) is 75.1 Å². The van der Waals surface area contributed by atoms with Crippen LogP contribution in [0.2, 0.25) is 0 Å². The van der Waals surface area contributed by atoms with Gasteiger partial charge in [0.2, 0.25) is 5.76 Å². The molecule has 1 aliphatic heterocycles. The first-order valence-corrected chi connectivity index (χ1v) is 9.66. The van der Waals surface area contributed by atoms with Gasteiger partial charge >= 0.3 is 0 Å². The number of hydrogen-bond acceptors (Lipinski definition) is 4. The standard InChI is InChI=1S/C23H23NO4/c1-4-11-24-20(15-7-6-8-16(13-15)27-5-2)19-21(25)17-12-14(3)9-10-18(17)28-22(19)23(24)26/h6-10,12-13,20H,4-5,11H2,1-3H3/t20-/m1/s1. The Bertz CT molecular complexity index is 1120. The predicted octanol–water partition coefficient (Wildman–Crippen LogP) is 4.46. The SMILES string of the molecule is CCCN1C(=O)c2oc3ccc(C)cc3c(=O)c2[C@H]1c1cccc(OCC)c1. The summed E-state index contributed by atoms with van der Waals surface area (Å²) in [6.07, 6.45) is 0.786. The van der Waals surface area contributed by atoms with Gasteiger partial charge in [-0.05, 0) is 50.1 Å².